The number of alkyl halides is 6. The molecule has 1 N–H and O–H groups in total. The van der Waals surface area contributed by atoms with E-state index in [-0.39, 0.29) is 11.8 Å². The summed E-state index contributed by atoms with van der Waals surface area (Å²) in [5, 5.41) is 2.19. The van der Waals surface area contributed by atoms with Crippen LogP contribution in [-0.2, 0) is 17.1 Å². The fourth-order valence-corrected chi connectivity index (χ4v) is 1.92. The van der Waals surface area contributed by atoms with E-state index in [1.807, 2.05) is 0 Å². The lowest BCUT2D eigenvalue weighted by Crippen LogP contribution is -2.20. The summed E-state index contributed by atoms with van der Waals surface area (Å²) in [6.07, 6.45) is -10.0. The van der Waals surface area contributed by atoms with Crippen LogP contribution in [0.15, 0.2) is 42.5 Å². The molecule has 0 atom stereocenters. The summed E-state index contributed by atoms with van der Waals surface area (Å²) >= 11 is 0. The summed E-state index contributed by atoms with van der Waals surface area (Å²) in [4.78, 5) is 11.7. The van der Waals surface area contributed by atoms with Crippen LogP contribution >= 0.6 is 0 Å². The van der Waals surface area contributed by atoms with Crippen molar-refractivity contribution in [3.05, 3.63) is 59.4 Å². The maximum absolute atomic E-state index is 13.0. The molecular formula is C16H10F7NO2. The fourth-order valence-electron chi connectivity index (χ4n) is 1.92. The summed E-state index contributed by atoms with van der Waals surface area (Å²) in [6.45, 7) is -0.866. The van der Waals surface area contributed by atoms with Crippen LogP contribution in [0.3, 0.4) is 0 Å². The predicted molar refractivity (Wildman–Crippen MR) is 77.0 cm³/mol. The number of halogens is 7. The molecule has 10 heteroatoms. The number of benzene rings is 2. The quantitative estimate of drug-likeness (QED) is 0.767. The van der Waals surface area contributed by atoms with Gasteiger partial charge in [-0.15, -0.1) is 0 Å². The molecule has 0 aromatic heterocycles. The second-order valence-corrected chi connectivity index (χ2v) is 5.09. The average molecular weight is 381 g/mol. The summed E-state index contributed by atoms with van der Waals surface area (Å²) < 4.78 is 94.1. The lowest BCUT2D eigenvalue weighted by molar-refractivity contribution is -0.143. The summed E-state index contributed by atoms with van der Waals surface area (Å²) in [5.41, 5.74) is -3.07. The van der Waals surface area contributed by atoms with E-state index < -0.39 is 47.6 Å². The number of carbonyl (C=O) groups excluding carboxylic acids is 1. The van der Waals surface area contributed by atoms with Gasteiger partial charge in [0.15, 0.2) is 6.61 Å². The number of nitrogens with one attached hydrogen (secondary N) is 1. The second-order valence-electron chi connectivity index (χ2n) is 5.09. The normalized spacial score (nSPS) is 12.0. The zero-order valence-electron chi connectivity index (χ0n) is 12.7. The monoisotopic (exact) mass is 381 g/mol. The SMILES string of the molecule is O=C(COc1cc(C(F)(F)F)cc(C(F)(F)F)c1)Nc1cccc(F)c1. The third kappa shape index (κ3) is 5.36. The lowest BCUT2D eigenvalue weighted by atomic mass is 10.1. The fraction of sp³-hybridized carbons (Fsp3) is 0.188. The molecule has 0 unspecified atom stereocenters. The molecule has 2 aromatic rings. The van der Waals surface area contributed by atoms with Crippen LogP contribution in [0, 0.1) is 5.82 Å². The van der Waals surface area contributed by atoms with Gasteiger partial charge in [0.05, 0.1) is 11.1 Å². The van der Waals surface area contributed by atoms with Crippen LogP contribution in [0.25, 0.3) is 0 Å². The molecule has 140 valence electrons. The summed E-state index contributed by atoms with van der Waals surface area (Å²) in [6, 6.07) is 5.38. The number of ether oxygens (including phenoxy) is 1. The van der Waals surface area contributed by atoms with E-state index in [9.17, 15) is 35.5 Å². The minimum absolute atomic E-state index is 0.0543. The highest BCUT2D eigenvalue weighted by atomic mass is 19.4. The van der Waals surface area contributed by atoms with Gasteiger partial charge in [-0.1, -0.05) is 6.07 Å². The van der Waals surface area contributed by atoms with Crippen molar-refractivity contribution in [2.75, 3.05) is 11.9 Å². The Morgan fingerprint density at radius 2 is 1.50 bits per heavy atom. The van der Waals surface area contributed by atoms with E-state index in [0.29, 0.717) is 12.1 Å². The lowest BCUT2D eigenvalue weighted by Gasteiger charge is -2.14. The minimum atomic E-state index is -5.02. The molecule has 0 aliphatic carbocycles. The van der Waals surface area contributed by atoms with Crippen molar-refractivity contribution < 1.29 is 40.3 Å². The van der Waals surface area contributed by atoms with Crippen molar-refractivity contribution in [2.45, 2.75) is 12.4 Å². The van der Waals surface area contributed by atoms with E-state index in [1.54, 1.807) is 0 Å². The highest BCUT2D eigenvalue weighted by Gasteiger charge is 2.37. The average Bonchev–Trinajstić information content (AvgIpc) is 2.51. The first-order valence-electron chi connectivity index (χ1n) is 6.93. The number of hydrogen-bond acceptors (Lipinski definition) is 2. The van der Waals surface area contributed by atoms with Crippen LogP contribution in [0.5, 0.6) is 5.75 Å². The van der Waals surface area contributed by atoms with Gasteiger partial charge in [0.1, 0.15) is 11.6 Å². The molecule has 2 rings (SSSR count). The molecule has 1 amide bonds. The summed E-state index contributed by atoms with van der Waals surface area (Å²) in [7, 11) is 0. The first kappa shape index (κ1) is 19.5. The third-order valence-electron chi connectivity index (χ3n) is 3.04. The number of carbonyl (C=O) groups is 1. The van der Waals surface area contributed by atoms with Crippen molar-refractivity contribution in [1.29, 1.82) is 0 Å². The first-order chi connectivity index (χ1) is 11.9. The van der Waals surface area contributed by atoms with Crippen LogP contribution in [0.2, 0.25) is 0 Å². The molecule has 0 saturated carbocycles. The smallest absolute Gasteiger partial charge is 0.416 e. The van der Waals surface area contributed by atoms with Gasteiger partial charge in [0.2, 0.25) is 0 Å². The van der Waals surface area contributed by atoms with Gasteiger partial charge in [0.25, 0.3) is 5.91 Å². The Morgan fingerprint density at radius 1 is 0.923 bits per heavy atom. The molecule has 0 aliphatic rings. The Kier molecular flexibility index (Phi) is 5.43. The minimum Gasteiger partial charge on any atom is -0.484 e. The molecule has 2 aromatic carbocycles. The van der Waals surface area contributed by atoms with Crippen molar-refractivity contribution in [3.63, 3.8) is 0 Å². The third-order valence-corrected chi connectivity index (χ3v) is 3.04. The molecule has 0 spiro atoms. The van der Waals surface area contributed by atoms with E-state index in [2.05, 4.69) is 5.32 Å². The zero-order chi connectivity index (χ0) is 19.5. The maximum atomic E-state index is 13.0. The van der Waals surface area contributed by atoms with Crippen LogP contribution in [0.4, 0.5) is 36.4 Å². The highest BCUT2D eigenvalue weighted by molar-refractivity contribution is 5.91. The Bertz CT molecular complexity index is 768. The highest BCUT2D eigenvalue weighted by Crippen LogP contribution is 2.38. The Balaban J connectivity index is 2.14. The Morgan fingerprint density at radius 3 is 2.00 bits per heavy atom. The van der Waals surface area contributed by atoms with E-state index >= 15 is 0 Å². The molecule has 0 fully saturated rings. The second kappa shape index (κ2) is 7.22. The van der Waals surface area contributed by atoms with Crippen molar-refractivity contribution in [3.8, 4) is 5.75 Å². The van der Waals surface area contributed by atoms with E-state index in [4.69, 9.17) is 4.74 Å². The largest absolute Gasteiger partial charge is 0.484 e. The van der Waals surface area contributed by atoms with Gasteiger partial charge in [-0.3, -0.25) is 4.79 Å². The van der Waals surface area contributed by atoms with Crippen LogP contribution in [0.1, 0.15) is 11.1 Å². The maximum Gasteiger partial charge on any atom is 0.416 e. The topological polar surface area (TPSA) is 38.3 Å². The molecule has 0 radical (unpaired) electrons. The van der Waals surface area contributed by atoms with Crippen molar-refractivity contribution in [2.24, 2.45) is 0 Å². The van der Waals surface area contributed by atoms with Gasteiger partial charge < -0.3 is 10.1 Å². The van der Waals surface area contributed by atoms with Crippen molar-refractivity contribution >= 4 is 11.6 Å². The van der Waals surface area contributed by atoms with Crippen LogP contribution in [-0.4, -0.2) is 12.5 Å². The molecule has 26 heavy (non-hydrogen) atoms. The van der Waals surface area contributed by atoms with Gasteiger partial charge in [-0.05, 0) is 36.4 Å². The van der Waals surface area contributed by atoms with E-state index in [0.717, 1.165) is 12.1 Å². The first-order valence-corrected chi connectivity index (χ1v) is 6.93. The predicted octanol–water partition coefficient (Wildman–Crippen LogP) is 4.88. The van der Waals surface area contributed by atoms with Gasteiger partial charge in [-0.2, -0.15) is 26.3 Å². The standard InChI is InChI=1S/C16H10F7NO2/c17-11-2-1-3-12(7-11)24-14(25)8-26-13-5-9(15(18,19)20)4-10(6-13)16(21,22)23/h1-7H,8H2,(H,24,25). The number of amides is 1. The Labute approximate surface area is 142 Å². The Hall–Kier alpha value is -2.78. The molecule has 0 bridgehead atoms. The number of hydrogen-bond donors (Lipinski definition) is 1. The summed E-state index contributed by atoms with van der Waals surface area (Å²) in [5.74, 6) is -2.31. The molecule has 0 saturated heterocycles. The van der Waals surface area contributed by atoms with E-state index in [1.165, 1.54) is 12.1 Å². The van der Waals surface area contributed by atoms with Gasteiger partial charge in [0, 0.05) is 5.69 Å². The molecule has 0 heterocycles. The number of anilines is 1. The molecule has 0 aliphatic heterocycles. The molecule has 3 nitrogen and oxygen atoms in total. The number of rotatable bonds is 4. The van der Waals surface area contributed by atoms with Gasteiger partial charge in [-0.25, -0.2) is 4.39 Å². The van der Waals surface area contributed by atoms with Gasteiger partial charge >= 0.3 is 12.4 Å². The van der Waals surface area contributed by atoms with Crippen LogP contribution < -0.4 is 10.1 Å². The molecular weight excluding hydrogens is 371 g/mol. The van der Waals surface area contributed by atoms with Crippen molar-refractivity contribution in [1.82, 2.24) is 0 Å². The zero-order valence-corrected chi connectivity index (χ0v) is 12.7.